The third kappa shape index (κ3) is 4.37. The summed E-state index contributed by atoms with van der Waals surface area (Å²) in [6.07, 6.45) is 2.27. The van der Waals surface area contributed by atoms with Crippen LogP contribution >= 0.6 is 34.7 Å². The molecule has 9 heteroatoms. The van der Waals surface area contributed by atoms with Gasteiger partial charge < -0.3 is 5.32 Å². The van der Waals surface area contributed by atoms with Crippen LogP contribution < -0.4 is 5.32 Å². The van der Waals surface area contributed by atoms with Crippen molar-refractivity contribution < 1.29 is 14.4 Å². The van der Waals surface area contributed by atoms with E-state index in [2.05, 4.69) is 10.3 Å². The highest BCUT2D eigenvalue weighted by atomic mass is 35.5. The lowest BCUT2D eigenvalue weighted by Gasteiger charge is -2.24. The molecule has 3 aromatic rings. The number of halogens is 1. The maximum absolute atomic E-state index is 13.1. The summed E-state index contributed by atoms with van der Waals surface area (Å²) in [5.41, 5.74) is 2.24. The number of benzene rings is 2. The van der Waals surface area contributed by atoms with Gasteiger partial charge in [-0.15, -0.1) is 11.3 Å². The van der Waals surface area contributed by atoms with E-state index >= 15 is 0 Å². The Kier molecular flexibility index (Phi) is 6.41. The molecule has 1 aliphatic heterocycles. The monoisotopic (exact) mass is 471 g/mol. The Balaban J connectivity index is 1.55. The minimum Gasteiger partial charge on any atom is -0.300 e. The highest BCUT2D eigenvalue weighted by Crippen LogP contribution is 2.29. The molecule has 0 aliphatic carbocycles. The fourth-order valence-corrected chi connectivity index (χ4v) is 4.68. The molecule has 4 rings (SSSR count). The quantitative estimate of drug-likeness (QED) is 0.500. The highest BCUT2D eigenvalue weighted by Gasteiger charge is 2.42. The van der Waals surface area contributed by atoms with Crippen LogP contribution in [0, 0.1) is 0 Å². The van der Waals surface area contributed by atoms with Gasteiger partial charge in [0.05, 0.1) is 16.8 Å². The number of nitrogens with one attached hydrogen (secondary N) is 1. The first kappa shape index (κ1) is 21.5. The van der Waals surface area contributed by atoms with Gasteiger partial charge in [-0.3, -0.25) is 19.3 Å². The number of anilines is 1. The van der Waals surface area contributed by atoms with E-state index in [1.165, 1.54) is 11.3 Å². The summed E-state index contributed by atoms with van der Waals surface area (Å²) >= 11 is 8.76. The van der Waals surface area contributed by atoms with Crippen LogP contribution in [0.3, 0.4) is 0 Å². The number of thiazole rings is 1. The molecule has 0 saturated carbocycles. The van der Waals surface area contributed by atoms with Crippen LogP contribution in [0.4, 0.5) is 5.13 Å². The van der Waals surface area contributed by atoms with Crippen LogP contribution in [0.1, 0.15) is 27.1 Å². The molecule has 0 spiro atoms. The lowest BCUT2D eigenvalue weighted by atomic mass is 10.1. The fourth-order valence-electron chi connectivity index (χ4n) is 3.37. The summed E-state index contributed by atoms with van der Waals surface area (Å²) < 4.78 is 0. The summed E-state index contributed by atoms with van der Waals surface area (Å²) in [6.45, 7) is 0. The topological polar surface area (TPSA) is 79.4 Å². The number of carbonyl (C=O) groups is 3. The summed E-state index contributed by atoms with van der Waals surface area (Å²) in [5, 5.41) is 5.65. The smallest absolute Gasteiger partial charge is 0.262 e. The van der Waals surface area contributed by atoms with Crippen molar-refractivity contribution in [2.75, 3.05) is 17.3 Å². The van der Waals surface area contributed by atoms with Crippen molar-refractivity contribution in [3.8, 4) is 11.3 Å². The number of aromatic nitrogens is 1. The molecule has 0 radical (unpaired) electrons. The lowest BCUT2D eigenvalue weighted by molar-refractivity contribution is -0.120. The van der Waals surface area contributed by atoms with Gasteiger partial charge in [-0.25, -0.2) is 4.98 Å². The van der Waals surface area contributed by atoms with Crippen LogP contribution in [0.25, 0.3) is 11.3 Å². The first-order chi connectivity index (χ1) is 15.0. The van der Waals surface area contributed by atoms with Crippen LogP contribution in [0.2, 0.25) is 5.02 Å². The number of hydrogen-bond acceptors (Lipinski definition) is 6. The molecule has 3 amide bonds. The largest absolute Gasteiger partial charge is 0.300 e. The predicted molar refractivity (Wildman–Crippen MR) is 125 cm³/mol. The van der Waals surface area contributed by atoms with E-state index < -0.39 is 23.8 Å². The molecular formula is C22H18ClN3O3S2. The molecule has 1 aliphatic rings. The van der Waals surface area contributed by atoms with E-state index in [-0.39, 0.29) is 0 Å². The van der Waals surface area contributed by atoms with Crippen molar-refractivity contribution in [1.82, 2.24) is 9.88 Å². The van der Waals surface area contributed by atoms with Gasteiger partial charge in [0.25, 0.3) is 11.8 Å². The van der Waals surface area contributed by atoms with Gasteiger partial charge in [-0.2, -0.15) is 11.8 Å². The van der Waals surface area contributed by atoms with Crippen LogP contribution in [-0.2, 0) is 4.79 Å². The van der Waals surface area contributed by atoms with Gasteiger partial charge in [0.15, 0.2) is 5.13 Å². The number of rotatable bonds is 7. The fraction of sp³-hybridized carbons (Fsp3) is 0.182. The highest BCUT2D eigenvalue weighted by molar-refractivity contribution is 7.98. The lowest BCUT2D eigenvalue weighted by Crippen LogP contribution is -2.47. The number of thioether (sulfide) groups is 1. The molecule has 0 fully saturated rings. The Hall–Kier alpha value is -2.68. The van der Waals surface area contributed by atoms with Gasteiger partial charge in [-0.1, -0.05) is 35.9 Å². The Morgan fingerprint density at radius 1 is 1.13 bits per heavy atom. The molecule has 158 valence electrons. The normalized spacial score (nSPS) is 13.9. The molecule has 31 heavy (non-hydrogen) atoms. The number of carbonyl (C=O) groups excluding carboxylic acids is 3. The van der Waals surface area contributed by atoms with Crippen molar-refractivity contribution in [3.05, 3.63) is 70.1 Å². The Morgan fingerprint density at radius 2 is 1.77 bits per heavy atom. The minimum atomic E-state index is -0.914. The molecular weight excluding hydrogens is 454 g/mol. The van der Waals surface area contributed by atoms with E-state index in [1.807, 2.05) is 23.8 Å². The summed E-state index contributed by atoms with van der Waals surface area (Å²) in [6, 6.07) is 13.0. The van der Waals surface area contributed by atoms with Gasteiger partial charge in [0.1, 0.15) is 6.04 Å². The molecule has 1 aromatic heterocycles. The van der Waals surface area contributed by atoms with Gasteiger partial charge >= 0.3 is 0 Å². The number of hydrogen-bond donors (Lipinski definition) is 1. The molecule has 6 nitrogen and oxygen atoms in total. The van der Waals surface area contributed by atoms with E-state index in [4.69, 9.17) is 11.6 Å². The third-order valence-electron chi connectivity index (χ3n) is 4.91. The molecule has 0 unspecified atom stereocenters. The van der Waals surface area contributed by atoms with Crippen molar-refractivity contribution in [2.45, 2.75) is 12.5 Å². The zero-order valence-electron chi connectivity index (χ0n) is 16.5. The second-order valence-corrected chi connectivity index (χ2v) is 9.14. The Morgan fingerprint density at radius 3 is 2.39 bits per heavy atom. The zero-order valence-corrected chi connectivity index (χ0v) is 18.9. The maximum Gasteiger partial charge on any atom is 0.262 e. The maximum atomic E-state index is 13.1. The van der Waals surface area contributed by atoms with E-state index in [0.29, 0.717) is 39.1 Å². The second-order valence-electron chi connectivity index (χ2n) is 6.86. The zero-order chi connectivity index (χ0) is 22.0. The van der Waals surface area contributed by atoms with Crippen molar-refractivity contribution in [2.24, 2.45) is 0 Å². The average molecular weight is 472 g/mol. The average Bonchev–Trinajstić information content (AvgIpc) is 3.33. The number of fused-ring (bicyclic) bond motifs is 1. The second kappa shape index (κ2) is 9.21. The Labute approximate surface area is 192 Å². The number of nitrogens with zero attached hydrogens (tertiary/aromatic N) is 2. The SMILES string of the molecule is CSCC[C@H](C(=O)Nc1nc(-c2ccc(Cl)cc2)cs1)N1C(=O)c2ccccc2C1=O. The minimum absolute atomic E-state index is 0.328. The van der Waals surface area contributed by atoms with E-state index in [9.17, 15) is 14.4 Å². The first-order valence-electron chi connectivity index (χ1n) is 9.48. The number of amides is 3. The standard InChI is InChI=1S/C22H18ClN3O3S2/c1-30-11-10-18(26-20(28)15-4-2-3-5-16(15)21(26)29)19(27)25-22-24-17(12-31-22)13-6-8-14(23)9-7-13/h2-9,12,18H,10-11H2,1H3,(H,24,25,27)/t18-/m1/s1. The molecule has 0 bridgehead atoms. The van der Waals surface area contributed by atoms with Crippen molar-refractivity contribution >= 4 is 57.6 Å². The summed E-state index contributed by atoms with van der Waals surface area (Å²) in [5.74, 6) is -0.689. The number of imide groups is 1. The Bertz CT molecular complexity index is 1110. The van der Waals surface area contributed by atoms with Crippen LogP contribution in [0.5, 0.6) is 0 Å². The first-order valence-corrected chi connectivity index (χ1v) is 12.1. The molecule has 1 atom stereocenters. The van der Waals surface area contributed by atoms with Crippen LogP contribution in [-0.4, -0.2) is 45.7 Å². The predicted octanol–water partition coefficient (Wildman–Crippen LogP) is 4.82. The molecule has 0 saturated heterocycles. The van der Waals surface area contributed by atoms with Crippen molar-refractivity contribution in [1.29, 1.82) is 0 Å². The molecule has 1 N–H and O–H groups in total. The molecule has 2 aromatic carbocycles. The van der Waals surface area contributed by atoms with Crippen LogP contribution in [0.15, 0.2) is 53.9 Å². The van der Waals surface area contributed by atoms with E-state index in [0.717, 1.165) is 10.5 Å². The summed E-state index contributed by atoms with van der Waals surface area (Å²) in [4.78, 5) is 44.4. The van der Waals surface area contributed by atoms with Crippen molar-refractivity contribution in [3.63, 3.8) is 0 Å². The summed E-state index contributed by atoms with van der Waals surface area (Å²) in [7, 11) is 0. The van der Waals surface area contributed by atoms with Gasteiger partial charge in [0.2, 0.25) is 5.91 Å². The molecule has 2 heterocycles. The third-order valence-corrected chi connectivity index (χ3v) is 6.56. The van der Waals surface area contributed by atoms with Gasteiger partial charge in [-0.05, 0) is 42.7 Å². The van der Waals surface area contributed by atoms with Gasteiger partial charge in [0, 0.05) is 16.0 Å². The van der Waals surface area contributed by atoms with E-state index in [1.54, 1.807) is 48.2 Å².